The molecule has 0 unspecified atom stereocenters. The summed E-state index contributed by atoms with van der Waals surface area (Å²) >= 11 is 0. The van der Waals surface area contributed by atoms with E-state index in [0.29, 0.717) is 30.3 Å². The highest BCUT2D eigenvalue weighted by Crippen LogP contribution is 2.26. The first-order valence-electron chi connectivity index (χ1n) is 14.9. The summed E-state index contributed by atoms with van der Waals surface area (Å²) < 4.78 is 12.2. The van der Waals surface area contributed by atoms with Crippen molar-refractivity contribution in [2.24, 2.45) is 0 Å². The summed E-state index contributed by atoms with van der Waals surface area (Å²) in [7, 11) is 0. The summed E-state index contributed by atoms with van der Waals surface area (Å²) in [5.41, 5.74) is 5.76. The number of nitrogens with zero attached hydrogens (tertiary/aromatic N) is 2. The Bertz CT molecular complexity index is 1050. The standard InChI is InChI=1S/C34H53N3O3/c1-9-36-24-30(25-37(36)10-2)35-34(38)32-23-31(39-21-19-28(7)15-11-13-26(3)4)17-18-33(32)40-22-20-29(8)16-12-14-27(5)6/h13-14,17-20,23,30H,9-12,15-16,21-22,24-25H2,1-8H3,(H,35,38). The normalized spacial score (nSPS) is 15.2. The molecule has 6 nitrogen and oxygen atoms in total. The highest BCUT2D eigenvalue weighted by molar-refractivity contribution is 5.97. The van der Waals surface area contributed by atoms with Gasteiger partial charge in [-0.2, -0.15) is 0 Å². The SMILES string of the molecule is CCN1CC(NC(=O)c2cc(OCC=C(C)CCC=C(C)C)ccc2OCC=C(C)CCC=C(C)C)CN1CC. The van der Waals surface area contributed by atoms with E-state index in [1.165, 1.54) is 22.3 Å². The number of nitrogens with one attached hydrogen (secondary N) is 1. The highest BCUT2D eigenvalue weighted by Gasteiger charge is 2.29. The second kappa shape index (κ2) is 17.8. The molecular weight excluding hydrogens is 498 g/mol. The Balaban J connectivity index is 2.12. The third-order valence-corrected chi connectivity index (χ3v) is 7.06. The smallest absolute Gasteiger partial charge is 0.255 e. The van der Waals surface area contributed by atoms with E-state index in [9.17, 15) is 4.79 Å². The number of rotatable bonds is 16. The molecule has 0 saturated carbocycles. The van der Waals surface area contributed by atoms with Gasteiger partial charge < -0.3 is 14.8 Å². The van der Waals surface area contributed by atoms with Gasteiger partial charge in [-0.1, -0.05) is 48.3 Å². The topological polar surface area (TPSA) is 54.0 Å². The Morgan fingerprint density at radius 2 is 1.35 bits per heavy atom. The van der Waals surface area contributed by atoms with Gasteiger partial charge in [0.15, 0.2) is 0 Å². The zero-order valence-electron chi connectivity index (χ0n) is 26.3. The minimum absolute atomic E-state index is 0.0634. The van der Waals surface area contributed by atoms with Crippen molar-refractivity contribution in [3.8, 4) is 11.5 Å². The van der Waals surface area contributed by atoms with Crippen LogP contribution < -0.4 is 14.8 Å². The number of amides is 1. The van der Waals surface area contributed by atoms with Crippen LogP contribution in [0.3, 0.4) is 0 Å². The first kappa shape index (κ1) is 33.4. The number of carbonyl (C=O) groups is 1. The molecule has 1 amide bonds. The van der Waals surface area contributed by atoms with Gasteiger partial charge in [0.25, 0.3) is 5.91 Å². The fraction of sp³-hybridized carbons (Fsp3) is 0.559. The maximum Gasteiger partial charge on any atom is 0.255 e. The van der Waals surface area contributed by atoms with Crippen molar-refractivity contribution >= 4 is 5.91 Å². The van der Waals surface area contributed by atoms with Gasteiger partial charge in [-0.3, -0.25) is 4.79 Å². The first-order valence-corrected chi connectivity index (χ1v) is 14.9. The number of likely N-dealkylation sites (N-methyl/N-ethyl adjacent to an activating group) is 2. The lowest BCUT2D eigenvalue weighted by molar-refractivity contribution is 0.0388. The Hall–Kier alpha value is -2.83. The van der Waals surface area contributed by atoms with E-state index in [1.807, 2.05) is 18.2 Å². The lowest BCUT2D eigenvalue weighted by atomic mass is 10.1. The first-order chi connectivity index (χ1) is 19.1. The molecule has 0 bridgehead atoms. The van der Waals surface area contributed by atoms with Crippen LogP contribution in [0.4, 0.5) is 0 Å². The molecule has 222 valence electrons. The lowest BCUT2D eigenvalue weighted by Gasteiger charge is -2.24. The highest BCUT2D eigenvalue weighted by atomic mass is 16.5. The molecule has 1 aliphatic heterocycles. The van der Waals surface area contributed by atoms with Crippen molar-refractivity contribution in [1.29, 1.82) is 0 Å². The summed E-state index contributed by atoms with van der Waals surface area (Å²) in [6.45, 7) is 21.4. The molecule has 0 radical (unpaired) electrons. The van der Waals surface area contributed by atoms with E-state index >= 15 is 0 Å². The maximum absolute atomic E-state index is 13.5. The summed E-state index contributed by atoms with van der Waals surface area (Å²) in [6.07, 6.45) is 12.8. The lowest BCUT2D eigenvalue weighted by Crippen LogP contribution is -2.38. The fourth-order valence-corrected chi connectivity index (χ4v) is 4.65. The van der Waals surface area contributed by atoms with Crippen molar-refractivity contribution in [3.05, 3.63) is 70.4 Å². The van der Waals surface area contributed by atoms with E-state index in [0.717, 1.165) is 51.9 Å². The zero-order chi connectivity index (χ0) is 29.5. The van der Waals surface area contributed by atoms with Crippen LogP contribution >= 0.6 is 0 Å². The van der Waals surface area contributed by atoms with E-state index in [4.69, 9.17) is 9.47 Å². The molecule has 0 atom stereocenters. The van der Waals surface area contributed by atoms with Gasteiger partial charge in [0.1, 0.15) is 24.7 Å². The summed E-state index contributed by atoms with van der Waals surface area (Å²) in [6, 6.07) is 5.62. The van der Waals surface area contributed by atoms with Gasteiger partial charge in [-0.25, -0.2) is 10.0 Å². The Labute approximate surface area is 243 Å². The molecule has 40 heavy (non-hydrogen) atoms. The van der Waals surface area contributed by atoms with Crippen LogP contribution in [0.2, 0.25) is 0 Å². The van der Waals surface area contributed by atoms with Crippen molar-refractivity contribution in [3.63, 3.8) is 0 Å². The summed E-state index contributed by atoms with van der Waals surface area (Å²) in [4.78, 5) is 13.5. The van der Waals surface area contributed by atoms with Crippen LogP contribution in [-0.4, -0.2) is 61.4 Å². The number of hydrogen-bond donors (Lipinski definition) is 1. The Kier molecular flexibility index (Phi) is 14.8. The molecule has 1 saturated heterocycles. The molecule has 2 rings (SSSR count). The largest absolute Gasteiger partial charge is 0.490 e. The number of carbonyl (C=O) groups excluding carboxylic acids is 1. The van der Waals surface area contributed by atoms with Crippen LogP contribution in [0.1, 0.15) is 91.4 Å². The molecule has 1 aromatic carbocycles. The van der Waals surface area contributed by atoms with E-state index in [-0.39, 0.29) is 11.9 Å². The molecular formula is C34H53N3O3. The maximum atomic E-state index is 13.5. The second-order valence-corrected chi connectivity index (χ2v) is 11.2. The Morgan fingerprint density at radius 1 is 0.825 bits per heavy atom. The molecule has 1 fully saturated rings. The second-order valence-electron chi connectivity index (χ2n) is 11.2. The molecule has 1 aromatic rings. The van der Waals surface area contributed by atoms with Crippen molar-refractivity contribution < 1.29 is 14.3 Å². The molecule has 6 heteroatoms. The van der Waals surface area contributed by atoms with Gasteiger partial charge in [0.05, 0.1) is 11.6 Å². The number of hydrogen-bond acceptors (Lipinski definition) is 5. The molecule has 0 aromatic heterocycles. The molecule has 0 spiro atoms. The zero-order valence-corrected chi connectivity index (χ0v) is 26.3. The van der Waals surface area contributed by atoms with Crippen LogP contribution in [-0.2, 0) is 0 Å². The van der Waals surface area contributed by atoms with Gasteiger partial charge in [-0.05, 0) is 97.6 Å². The van der Waals surface area contributed by atoms with Gasteiger partial charge >= 0.3 is 0 Å². The number of hydrazine groups is 1. The van der Waals surface area contributed by atoms with Crippen LogP contribution in [0.15, 0.2) is 64.8 Å². The number of allylic oxidation sites excluding steroid dienone is 6. The van der Waals surface area contributed by atoms with Gasteiger partial charge in [0.2, 0.25) is 0 Å². The van der Waals surface area contributed by atoms with Crippen LogP contribution in [0.25, 0.3) is 0 Å². The molecule has 1 heterocycles. The van der Waals surface area contributed by atoms with Gasteiger partial charge in [-0.15, -0.1) is 0 Å². The summed E-state index contributed by atoms with van der Waals surface area (Å²) in [5, 5.41) is 7.82. The van der Waals surface area contributed by atoms with Gasteiger partial charge in [0, 0.05) is 26.2 Å². The number of ether oxygens (including phenoxy) is 2. The van der Waals surface area contributed by atoms with E-state index < -0.39 is 0 Å². The van der Waals surface area contributed by atoms with Crippen molar-refractivity contribution in [2.45, 2.75) is 87.1 Å². The molecule has 1 N–H and O–H groups in total. The average molecular weight is 552 g/mol. The molecule has 1 aliphatic rings. The average Bonchev–Trinajstić information content (AvgIpc) is 3.30. The third kappa shape index (κ3) is 12.1. The summed E-state index contributed by atoms with van der Waals surface area (Å²) in [5.74, 6) is 1.11. The fourth-order valence-electron chi connectivity index (χ4n) is 4.65. The van der Waals surface area contributed by atoms with Crippen LogP contribution in [0, 0.1) is 0 Å². The number of benzene rings is 1. The van der Waals surface area contributed by atoms with Crippen molar-refractivity contribution in [1.82, 2.24) is 15.3 Å². The minimum Gasteiger partial charge on any atom is -0.490 e. The monoisotopic (exact) mass is 551 g/mol. The predicted molar refractivity (Wildman–Crippen MR) is 168 cm³/mol. The molecule has 0 aliphatic carbocycles. The van der Waals surface area contributed by atoms with Crippen LogP contribution in [0.5, 0.6) is 11.5 Å². The minimum atomic E-state index is -0.128. The third-order valence-electron chi connectivity index (χ3n) is 7.06. The van der Waals surface area contributed by atoms with E-state index in [1.54, 1.807) is 0 Å². The van der Waals surface area contributed by atoms with Crippen molar-refractivity contribution in [2.75, 3.05) is 39.4 Å². The quantitative estimate of drug-likeness (QED) is 0.216. The Morgan fingerprint density at radius 3 is 1.85 bits per heavy atom. The van der Waals surface area contributed by atoms with E-state index in [2.05, 4.69) is 95.0 Å². The predicted octanol–water partition coefficient (Wildman–Crippen LogP) is 7.50.